The fraction of sp³-hybridized carbons (Fsp3) is 0.111. The standard InChI is InChI=1S/C18H15NO2/c1-13-16(10-15-4-2-3-5-18(15)19-13)12-21-17-8-6-14(11-20)7-9-17/h2-11H,12H2,1H3. The monoisotopic (exact) mass is 277 g/mol. The van der Waals surface area contributed by atoms with Crippen molar-refractivity contribution in [3.8, 4) is 5.75 Å². The highest BCUT2D eigenvalue weighted by Crippen LogP contribution is 2.19. The molecule has 0 aliphatic rings. The van der Waals surface area contributed by atoms with Crippen molar-refractivity contribution in [2.45, 2.75) is 13.5 Å². The average Bonchev–Trinajstić information content (AvgIpc) is 2.53. The second-order valence-electron chi connectivity index (χ2n) is 4.90. The van der Waals surface area contributed by atoms with Gasteiger partial charge in [-0.25, -0.2) is 0 Å². The normalized spacial score (nSPS) is 10.5. The number of benzene rings is 2. The molecule has 3 rings (SSSR count). The van der Waals surface area contributed by atoms with Crippen molar-refractivity contribution in [3.05, 3.63) is 71.4 Å². The molecule has 0 radical (unpaired) electrons. The number of aryl methyl sites for hydroxylation is 1. The third-order valence-corrected chi connectivity index (χ3v) is 3.43. The fourth-order valence-electron chi connectivity index (χ4n) is 2.21. The minimum Gasteiger partial charge on any atom is -0.489 e. The van der Waals surface area contributed by atoms with Crippen LogP contribution in [0.15, 0.2) is 54.6 Å². The first-order valence-electron chi connectivity index (χ1n) is 6.79. The van der Waals surface area contributed by atoms with Gasteiger partial charge in [0.1, 0.15) is 18.6 Å². The van der Waals surface area contributed by atoms with E-state index in [2.05, 4.69) is 11.1 Å². The Labute approximate surface area is 123 Å². The molecule has 1 aromatic heterocycles. The topological polar surface area (TPSA) is 39.2 Å². The van der Waals surface area contributed by atoms with Crippen molar-refractivity contribution < 1.29 is 9.53 Å². The van der Waals surface area contributed by atoms with Crippen molar-refractivity contribution in [1.29, 1.82) is 0 Å². The van der Waals surface area contributed by atoms with Gasteiger partial charge in [-0.05, 0) is 43.3 Å². The molecule has 0 amide bonds. The van der Waals surface area contributed by atoms with E-state index in [0.717, 1.165) is 34.2 Å². The maximum Gasteiger partial charge on any atom is 0.150 e. The van der Waals surface area contributed by atoms with Crippen LogP contribution in [0, 0.1) is 6.92 Å². The molecule has 0 bridgehead atoms. The maximum atomic E-state index is 10.6. The van der Waals surface area contributed by atoms with Gasteiger partial charge in [0.05, 0.1) is 5.52 Å². The molecular formula is C18H15NO2. The Morgan fingerprint density at radius 1 is 1.10 bits per heavy atom. The predicted molar refractivity (Wildman–Crippen MR) is 82.6 cm³/mol. The van der Waals surface area contributed by atoms with Gasteiger partial charge in [0.2, 0.25) is 0 Å². The number of nitrogens with zero attached hydrogens (tertiary/aromatic N) is 1. The lowest BCUT2D eigenvalue weighted by molar-refractivity contribution is 0.112. The van der Waals surface area contributed by atoms with E-state index in [9.17, 15) is 4.79 Å². The molecule has 3 heteroatoms. The van der Waals surface area contributed by atoms with Gasteiger partial charge in [0, 0.05) is 22.2 Å². The van der Waals surface area contributed by atoms with E-state index in [-0.39, 0.29) is 0 Å². The molecule has 3 nitrogen and oxygen atoms in total. The van der Waals surface area contributed by atoms with Crippen LogP contribution in [0.2, 0.25) is 0 Å². The number of hydrogen-bond acceptors (Lipinski definition) is 3. The van der Waals surface area contributed by atoms with E-state index in [1.54, 1.807) is 24.3 Å². The van der Waals surface area contributed by atoms with Crippen LogP contribution in [-0.2, 0) is 6.61 Å². The maximum absolute atomic E-state index is 10.6. The molecule has 0 atom stereocenters. The Morgan fingerprint density at radius 3 is 2.62 bits per heavy atom. The van der Waals surface area contributed by atoms with Gasteiger partial charge in [0.15, 0.2) is 0 Å². The highest BCUT2D eigenvalue weighted by molar-refractivity contribution is 5.79. The fourth-order valence-corrected chi connectivity index (χ4v) is 2.21. The van der Waals surface area contributed by atoms with Gasteiger partial charge in [-0.1, -0.05) is 18.2 Å². The molecule has 0 saturated heterocycles. The number of hydrogen-bond donors (Lipinski definition) is 0. The Balaban J connectivity index is 1.80. The van der Waals surface area contributed by atoms with Gasteiger partial charge in [-0.15, -0.1) is 0 Å². The first-order valence-corrected chi connectivity index (χ1v) is 6.79. The van der Waals surface area contributed by atoms with E-state index in [0.29, 0.717) is 12.2 Å². The van der Waals surface area contributed by atoms with Crippen LogP contribution in [0.1, 0.15) is 21.6 Å². The minimum atomic E-state index is 0.462. The van der Waals surface area contributed by atoms with Crippen LogP contribution in [0.4, 0.5) is 0 Å². The van der Waals surface area contributed by atoms with Crippen LogP contribution in [-0.4, -0.2) is 11.3 Å². The van der Waals surface area contributed by atoms with Gasteiger partial charge >= 0.3 is 0 Å². The Bertz CT molecular complexity index is 779. The number of para-hydroxylation sites is 1. The van der Waals surface area contributed by atoms with E-state index in [1.165, 1.54) is 0 Å². The SMILES string of the molecule is Cc1nc2ccccc2cc1COc1ccc(C=O)cc1. The van der Waals surface area contributed by atoms with Gasteiger partial charge in [-0.2, -0.15) is 0 Å². The van der Waals surface area contributed by atoms with Gasteiger partial charge in [0.25, 0.3) is 0 Å². The smallest absolute Gasteiger partial charge is 0.150 e. The predicted octanol–water partition coefficient (Wildman–Crippen LogP) is 3.93. The second kappa shape index (κ2) is 5.75. The number of pyridine rings is 1. The summed E-state index contributed by atoms with van der Waals surface area (Å²) in [6, 6.07) is 17.2. The molecule has 0 spiro atoms. The van der Waals surface area contributed by atoms with Crippen LogP contribution >= 0.6 is 0 Å². The number of rotatable bonds is 4. The average molecular weight is 277 g/mol. The zero-order chi connectivity index (χ0) is 14.7. The van der Waals surface area contributed by atoms with Crippen LogP contribution in [0.3, 0.4) is 0 Å². The number of fused-ring (bicyclic) bond motifs is 1. The molecule has 0 aliphatic carbocycles. The van der Waals surface area contributed by atoms with E-state index in [4.69, 9.17) is 4.74 Å². The first kappa shape index (κ1) is 13.3. The highest BCUT2D eigenvalue weighted by atomic mass is 16.5. The van der Waals surface area contributed by atoms with E-state index in [1.807, 2.05) is 31.2 Å². The van der Waals surface area contributed by atoms with E-state index >= 15 is 0 Å². The first-order chi connectivity index (χ1) is 10.3. The summed E-state index contributed by atoms with van der Waals surface area (Å²) >= 11 is 0. The van der Waals surface area contributed by atoms with Gasteiger partial charge < -0.3 is 4.74 Å². The third kappa shape index (κ3) is 2.92. The molecular weight excluding hydrogens is 262 g/mol. The largest absolute Gasteiger partial charge is 0.489 e. The third-order valence-electron chi connectivity index (χ3n) is 3.43. The molecule has 2 aromatic carbocycles. The highest BCUT2D eigenvalue weighted by Gasteiger charge is 2.04. The number of aromatic nitrogens is 1. The molecule has 0 fully saturated rings. The lowest BCUT2D eigenvalue weighted by Gasteiger charge is -2.10. The van der Waals surface area contributed by atoms with Crippen molar-refractivity contribution in [2.75, 3.05) is 0 Å². The summed E-state index contributed by atoms with van der Waals surface area (Å²) < 4.78 is 5.77. The van der Waals surface area contributed by atoms with Crippen molar-refractivity contribution in [2.24, 2.45) is 0 Å². The van der Waals surface area contributed by atoms with Crippen LogP contribution in [0.25, 0.3) is 10.9 Å². The zero-order valence-corrected chi connectivity index (χ0v) is 11.7. The summed E-state index contributed by atoms with van der Waals surface area (Å²) in [5.74, 6) is 0.744. The van der Waals surface area contributed by atoms with Crippen molar-refractivity contribution >= 4 is 17.2 Å². The Morgan fingerprint density at radius 2 is 1.86 bits per heavy atom. The molecule has 0 N–H and O–H groups in total. The van der Waals surface area contributed by atoms with E-state index < -0.39 is 0 Å². The molecule has 104 valence electrons. The van der Waals surface area contributed by atoms with Crippen molar-refractivity contribution in [3.63, 3.8) is 0 Å². The lowest BCUT2D eigenvalue weighted by Crippen LogP contribution is -2.00. The molecule has 0 saturated carbocycles. The molecule has 3 aromatic rings. The quantitative estimate of drug-likeness (QED) is 0.678. The second-order valence-corrected chi connectivity index (χ2v) is 4.90. The van der Waals surface area contributed by atoms with Gasteiger partial charge in [-0.3, -0.25) is 9.78 Å². The molecule has 0 aliphatic heterocycles. The molecule has 0 unspecified atom stereocenters. The summed E-state index contributed by atoms with van der Waals surface area (Å²) in [6.07, 6.45) is 0.821. The summed E-state index contributed by atoms with van der Waals surface area (Å²) in [5, 5.41) is 1.11. The summed E-state index contributed by atoms with van der Waals surface area (Å²) in [5.41, 5.74) is 3.67. The number of carbonyl (C=O) groups excluding carboxylic acids is 1. The number of carbonyl (C=O) groups is 1. The number of ether oxygens (including phenoxy) is 1. The molecule has 1 heterocycles. The Hall–Kier alpha value is -2.68. The minimum absolute atomic E-state index is 0.462. The lowest BCUT2D eigenvalue weighted by atomic mass is 10.1. The van der Waals surface area contributed by atoms with Crippen LogP contribution < -0.4 is 4.74 Å². The summed E-state index contributed by atoms with van der Waals surface area (Å²) in [6.45, 7) is 2.45. The molecule has 21 heavy (non-hydrogen) atoms. The summed E-state index contributed by atoms with van der Waals surface area (Å²) in [7, 11) is 0. The number of aldehydes is 1. The Kier molecular flexibility index (Phi) is 3.65. The zero-order valence-electron chi connectivity index (χ0n) is 11.7. The van der Waals surface area contributed by atoms with Crippen molar-refractivity contribution in [1.82, 2.24) is 4.98 Å². The summed E-state index contributed by atoms with van der Waals surface area (Å²) in [4.78, 5) is 15.2. The van der Waals surface area contributed by atoms with Crippen LogP contribution in [0.5, 0.6) is 5.75 Å².